The number of carbonyl (C=O) groups is 3. The second-order valence-electron chi connectivity index (χ2n) is 19.4. The van der Waals surface area contributed by atoms with Crippen molar-refractivity contribution in [2.75, 3.05) is 26.4 Å². The second kappa shape index (κ2) is 29.0. The van der Waals surface area contributed by atoms with Crippen molar-refractivity contribution in [3.63, 3.8) is 0 Å². The van der Waals surface area contributed by atoms with E-state index in [4.69, 9.17) is 18.5 Å². The fraction of sp³-hybridized carbons (Fsp3) is 0.760. The van der Waals surface area contributed by atoms with Crippen LogP contribution in [0.3, 0.4) is 0 Å². The van der Waals surface area contributed by atoms with Crippen LogP contribution in [0.4, 0.5) is 8.63 Å². The fourth-order valence-corrected chi connectivity index (χ4v) is 10.1. The summed E-state index contributed by atoms with van der Waals surface area (Å²) in [6.45, 7) is 6.26. The summed E-state index contributed by atoms with van der Waals surface area (Å²) in [6, 6.07) is 1.86. The molecule has 0 spiro atoms. The number of fused-ring (bicyclic) bond motifs is 2. The Morgan fingerprint density at radius 1 is 0.794 bits per heavy atom. The van der Waals surface area contributed by atoms with Crippen LogP contribution >= 0.6 is 7.82 Å². The Kier molecular flexibility index (Phi) is 24.3. The van der Waals surface area contributed by atoms with Crippen LogP contribution in [0.15, 0.2) is 33.6 Å². The van der Waals surface area contributed by atoms with Gasteiger partial charge in [-0.3, -0.25) is 23.4 Å². The maximum absolute atomic E-state index is 15.9. The molecule has 68 heavy (non-hydrogen) atoms. The molecule has 2 atom stereocenters. The Morgan fingerprint density at radius 2 is 1.34 bits per heavy atom. The molecular weight excluding hydrogens is 894 g/mol. The van der Waals surface area contributed by atoms with E-state index in [2.05, 4.69) is 22.5 Å². The Balaban J connectivity index is 1.12. The van der Waals surface area contributed by atoms with Gasteiger partial charge in [-0.05, 0) is 70.7 Å². The zero-order chi connectivity index (χ0) is 49.6. The summed E-state index contributed by atoms with van der Waals surface area (Å²) < 4.78 is 68.1. The third-order valence-corrected chi connectivity index (χ3v) is 14.2. The molecule has 4 rings (SSSR count). The lowest BCUT2D eigenvalue weighted by molar-refractivity contribution is -0.363. The molecule has 18 heteroatoms. The number of amides is 1. The van der Waals surface area contributed by atoms with Crippen molar-refractivity contribution in [3.05, 3.63) is 40.4 Å². The minimum absolute atomic E-state index is 0.0248. The number of hydrogen-bond donors (Lipinski definition) is 2. The lowest BCUT2D eigenvalue weighted by Gasteiger charge is -2.34. The number of rotatable bonds is 38. The summed E-state index contributed by atoms with van der Waals surface area (Å²) in [4.78, 5) is 47.9. The molecule has 0 aliphatic carbocycles. The highest BCUT2D eigenvalue weighted by Gasteiger charge is 2.54. The topological polar surface area (TPSA) is 170 Å². The van der Waals surface area contributed by atoms with Gasteiger partial charge in [-0.15, -0.1) is 0 Å². The molecule has 1 aromatic rings. The van der Waals surface area contributed by atoms with Gasteiger partial charge in [0.15, 0.2) is 17.5 Å². The van der Waals surface area contributed by atoms with E-state index in [1.807, 2.05) is 32.9 Å². The number of unbranched alkanes of at least 4 members (excludes halogenated alkanes) is 19. The third kappa shape index (κ3) is 19.3. The molecule has 1 amide bonds. The molecule has 0 bridgehead atoms. The Hall–Kier alpha value is -3.53. The average molecular weight is 978 g/mol. The maximum Gasteiger partial charge on any atom is 0.737 e. The van der Waals surface area contributed by atoms with E-state index in [0.717, 1.165) is 87.3 Å². The number of nitrogens with one attached hydrogen (secondary N) is 1. The van der Waals surface area contributed by atoms with Crippen LogP contribution in [0.1, 0.15) is 212 Å². The summed E-state index contributed by atoms with van der Waals surface area (Å²) in [7, 11) is -4.60. The molecule has 1 aromatic heterocycles. The van der Waals surface area contributed by atoms with Crippen LogP contribution in [0, 0.1) is 13.8 Å². The van der Waals surface area contributed by atoms with Gasteiger partial charge in [0.2, 0.25) is 5.91 Å². The van der Waals surface area contributed by atoms with Gasteiger partial charge in [-0.25, -0.2) is 4.57 Å². The molecule has 0 radical (unpaired) electrons. The van der Waals surface area contributed by atoms with Gasteiger partial charge in [-0.1, -0.05) is 122 Å². The number of aryl methyl sites for hydroxylation is 2. The average Bonchev–Trinajstić information content (AvgIpc) is 3.83. The lowest BCUT2D eigenvalue weighted by atomic mass is 9.84. The van der Waals surface area contributed by atoms with E-state index in [1.165, 1.54) is 66.8 Å². The predicted molar refractivity (Wildman–Crippen MR) is 263 cm³/mol. The van der Waals surface area contributed by atoms with Crippen molar-refractivity contribution < 1.29 is 55.5 Å². The minimum Gasteiger partial charge on any atom is -0.462 e. The van der Waals surface area contributed by atoms with Crippen molar-refractivity contribution in [1.82, 2.24) is 9.79 Å². The molecule has 0 fully saturated rings. The van der Waals surface area contributed by atoms with Crippen molar-refractivity contribution >= 4 is 43.9 Å². The predicted octanol–water partition coefficient (Wildman–Crippen LogP) is 12.5. The quantitative estimate of drug-likeness (QED) is 0.0283. The SMILES string of the molecule is CCCCCCCCCCCCCCCC(=O)OC[C@H](COP(=O)(O)OCCNC(=O)CCC1(C)N=N1)OC(=O)CCCCCCCCCCC1=C2C(C)=CC(C)=[N+]2[B-](F)(F)n2c(C)cc(C)c21. The zero-order valence-electron chi connectivity index (χ0n) is 42.2. The number of halogens is 2. The van der Waals surface area contributed by atoms with Gasteiger partial charge in [0.25, 0.3) is 0 Å². The van der Waals surface area contributed by atoms with Crippen LogP contribution in [-0.2, 0) is 37.5 Å². The summed E-state index contributed by atoms with van der Waals surface area (Å²) in [6.07, 6.45) is 25.2. The molecular formula is C50H83BF2N5O9P. The first-order chi connectivity index (χ1) is 32.5. The number of phosphoric acid groups is 1. The highest BCUT2D eigenvalue weighted by atomic mass is 31.2. The van der Waals surface area contributed by atoms with Crippen LogP contribution in [0.2, 0.25) is 0 Å². The lowest BCUT2D eigenvalue weighted by Crippen LogP contribution is -2.51. The largest absolute Gasteiger partial charge is 0.737 e. The van der Waals surface area contributed by atoms with E-state index in [1.54, 1.807) is 13.8 Å². The normalized spacial score (nSPS) is 16.9. The third-order valence-electron chi connectivity index (χ3n) is 13.2. The number of esters is 2. The van der Waals surface area contributed by atoms with Gasteiger partial charge < -0.3 is 37.3 Å². The smallest absolute Gasteiger partial charge is 0.462 e. The zero-order valence-corrected chi connectivity index (χ0v) is 43.1. The van der Waals surface area contributed by atoms with E-state index >= 15 is 8.63 Å². The van der Waals surface area contributed by atoms with Crippen LogP contribution < -0.4 is 5.32 Å². The molecule has 14 nitrogen and oxygen atoms in total. The number of hydrogen-bond acceptors (Lipinski definition) is 10. The molecule has 4 heterocycles. The van der Waals surface area contributed by atoms with Crippen molar-refractivity contribution in [2.45, 2.75) is 220 Å². The highest BCUT2D eigenvalue weighted by molar-refractivity contribution is 7.47. The van der Waals surface area contributed by atoms with Gasteiger partial charge in [0, 0.05) is 62.1 Å². The molecule has 0 aromatic carbocycles. The first-order valence-corrected chi connectivity index (χ1v) is 27.4. The van der Waals surface area contributed by atoms with E-state index in [-0.39, 0.29) is 44.9 Å². The number of ether oxygens (including phenoxy) is 2. The van der Waals surface area contributed by atoms with E-state index in [0.29, 0.717) is 42.1 Å². The van der Waals surface area contributed by atoms with Crippen LogP contribution in [-0.4, -0.2) is 82.5 Å². The minimum atomic E-state index is -4.60. The number of nitrogens with zero attached hydrogens (tertiary/aromatic N) is 4. The number of carbonyl (C=O) groups excluding carboxylic acids is 3. The van der Waals surface area contributed by atoms with Gasteiger partial charge in [0.1, 0.15) is 12.3 Å². The molecule has 3 aliphatic rings. The number of aromatic nitrogens is 1. The van der Waals surface area contributed by atoms with Gasteiger partial charge >= 0.3 is 26.7 Å². The monoisotopic (exact) mass is 978 g/mol. The maximum atomic E-state index is 15.9. The Morgan fingerprint density at radius 3 is 1.91 bits per heavy atom. The molecule has 1 unspecified atom stereocenters. The van der Waals surface area contributed by atoms with Crippen molar-refractivity contribution in [2.24, 2.45) is 10.2 Å². The van der Waals surface area contributed by atoms with Gasteiger partial charge in [0.05, 0.1) is 13.2 Å². The number of allylic oxidation sites excluding steroid dienone is 3. The highest BCUT2D eigenvalue weighted by Crippen LogP contribution is 2.44. The molecule has 3 aliphatic heterocycles. The van der Waals surface area contributed by atoms with E-state index < -0.39 is 45.1 Å². The molecule has 2 N–H and O–H groups in total. The van der Waals surface area contributed by atoms with Crippen LogP contribution in [0.5, 0.6) is 0 Å². The molecule has 0 saturated heterocycles. The molecule has 0 saturated carbocycles. The van der Waals surface area contributed by atoms with E-state index in [9.17, 15) is 23.8 Å². The summed E-state index contributed by atoms with van der Waals surface area (Å²) >= 11 is 0. The summed E-state index contributed by atoms with van der Waals surface area (Å²) in [5.41, 5.74) is 4.75. The first-order valence-electron chi connectivity index (χ1n) is 25.9. The Labute approximate surface area is 405 Å². The van der Waals surface area contributed by atoms with Gasteiger partial charge in [-0.2, -0.15) is 10.2 Å². The Bertz CT molecular complexity index is 1980. The summed E-state index contributed by atoms with van der Waals surface area (Å²) in [5.74, 6) is -1.24. The first kappa shape index (κ1) is 57.1. The second-order valence-corrected chi connectivity index (χ2v) is 20.9. The van der Waals surface area contributed by atoms with Crippen molar-refractivity contribution in [1.29, 1.82) is 0 Å². The molecule has 384 valence electrons. The number of phosphoric ester groups is 1. The van der Waals surface area contributed by atoms with Crippen molar-refractivity contribution in [3.8, 4) is 0 Å². The van der Waals surface area contributed by atoms with Crippen LogP contribution in [0.25, 0.3) is 5.57 Å². The summed E-state index contributed by atoms with van der Waals surface area (Å²) in [5, 5.41) is 10.4. The standard InChI is InChI=1S/C50H83BF2N5O9P/c1-7-8-9-10-11-12-13-14-15-16-20-23-26-29-46(60)64-37-43(38-66-68(62,63)65-34-33-54-45(59)31-32-50(6)55-56-50)67-47(61)30-27-24-21-18-17-19-22-25-28-44-48-39(2)35-41(4)57(48)51(52,53)58-42(5)36-40(3)49(44)58/h35-36,43H,7-34,37-38H2,1-6H3,(H,54,59)(H,62,63)/t43-/m1/s1. The fourth-order valence-electron chi connectivity index (χ4n) is 9.40.